The molecule has 0 amide bonds. The maximum atomic E-state index is 5.14. The molecule has 3 heteroatoms. The minimum atomic E-state index is 0.479. The molecule has 0 heterocycles. The number of allylic oxidation sites excluding steroid dienone is 2. The van der Waals surface area contributed by atoms with Gasteiger partial charge in [-0.2, -0.15) is 0 Å². The first-order valence-corrected chi connectivity index (χ1v) is 2.93. The molecule has 0 spiro atoms. The second kappa shape index (κ2) is 7.33. The molecule has 0 aliphatic heterocycles. The van der Waals surface area contributed by atoms with E-state index >= 15 is 0 Å². The van der Waals surface area contributed by atoms with Crippen LogP contribution in [0, 0.1) is 0 Å². The Balaban J connectivity index is 3.04. The zero-order valence-corrected chi connectivity index (χ0v) is 5.67. The van der Waals surface area contributed by atoms with Crippen LogP contribution in [-0.2, 0) is 0 Å². The third-order valence-corrected chi connectivity index (χ3v) is 0.731. The second-order valence-corrected chi connectivity index (χ2v) is 1.47. The summed E-state index contributed by atoms with van der Waals surface area (Å²) in [7, 11) is 0. The molecule has 0 unspecified atom stereocenters. The largest absolute Gasteiger partial charge is 0.318 e. The van der Waals surface area contributed by atoms with Gasteiger partial charge in [0.1, 0.15) is 0 Å². The minimum absolute atomic E-state index is 0.479. The molecule has 0 atom stereocenters. The van der Waals surface area contributed by atoms with E-state index in [0.29, 0.717) is 13.3 Å². The van der Waals surface area contributed by atoms with Crippen LogP contribution in [0.1, 0.15) is 6.92 Å². The summed E-state index contributed by atoms with van der Waals surface area (Å²) in [6, 6.07) is 0. The highest BCUT2D eigenvalue weighted by Gasteiger charge is 1.70. The highest BCUT2D eigenvalue weighted by molar-refractivity contribution is 5.70. The Labute approximate surface area is 55.7 Å². The molecule has 9 heavy (non-hydrogen) atoms. The van der Waals surface area contributed by atoms with Crippen LogP contribution >= 0.6 is 0 Å². The zero-order valence-electron chi connectivity index (χ0n) is 5.67. The van der Waals surface area contributed by atoms with Crippen molar-refractivity contribution in [1.82, 2.24) is 5.32 Å². The van der Waals surface area contributed by atoms with E-state index in [0.717, 1.165) is 0 Å². The van der Waals surface area contributed by atoms with Gasteiger partial charge in [0.15, 0.2) is 0 Å². The number of hydrogen-bond acceptors (Lipinski definition) is 3. The molecule has 0 aliphatic carbocycles. The third kappa shape index (κ3) is 7.33. The van der Waals surface area contributed by atoms with Gasteiger partial charge in [-0.1, -0.05) is 6.08 Å². The molecule has 0 saturated heterocycles. The van der Waals surface area contributed by atoms with Gasteiger partial charge in [-0.15, -0.1) is 0 Å². The Morgan fingerprint density at radius 2 is 2.44 bits per heavy atom. The van der Waals surface area contributed by atoms with E-state index in [2.05, 4.69) is 10.3 Å². The monoisotopic (exact) mass is 127 g/mol. The Bertz CT molecular complexity index is 96.5. The van der Waals surface area contributed by atoms with Crippen molar-refractivity contribution in [2.24, 2.45) is 10.7 Å². The molecule has 52 valence electrons. The predicted molar refractivity (Wildman–Crippen MR) is 40.4 cm³/mol. The number of aliphatic imine (C=N–C) groups is 1. The van der Waals surface area contributed by atoms with E-state index in [9.17, 15) is 0 Å². The lowest BCUT2D eigenvalue weighted by atomic mass is 10.6. The lowest BCUT2D eigenvalue weighted by molar-refractivity contribution is 0.727. The molecule has 3 nitrogen and oxygen atoms in total. The fourth-order valence-electron chi connectivity index (χ4n) is 0.329. The highest BCUT2D eigenvalue weighted by Crippen LogP contribution is 1.64. The first-order chi connectivity index (χ1) is 4.41. The van der Waals surface area contributed by atoms with Gasteiger partial charge in [0.05, 0.1) is 6.67 Å². The number of rotatable bonds is 4. The zero-order chi connectivity index (χ0) is 6.95. The second-order valence-electron chi connectivity index (χ2n) is 1.47. The smallest absolute Gasteiger partial charge is 0.0894 e. The van der Waals surface area contributed by atoms with Gasteiger partial charge in [-0.05, 0) is 13.0 Å². The summed E-state index contributed by atoms with van der Waals surface area (Å²) in [5.41, 5.74) is 5.14. The molecular formula is C6H13N3. The molecule has 0 bridgehead atoms. The normalized spacial score (nSPS) is 11.8. The van der Waals surface area contributed by atoms with E-state index in [-0.39, 0.29) is 0 Å². The Hall–Kier alpha value is -0.670. The minimum Gasteiger partial charge on any atom is -0.318 e. The number of nitrogens with two attached hydrogens (primary N) is 1. The van der Waals surface area contributed by atoms with Crippen LogP contribution in [0.15, 0.2) is 17.1 Å². The summed E-state index contributed by atoms with van der Waals surface area (Å²) in [4.78, 5) is 3.95. The lowest BCUT2D eigenvalue weighted by Gasteiger charge is -1.90. The SMILES string of the molecule is C/C=C/C=N\CNCN. The van der Waals surface area contributed by atoms with Crippen molar-refractivity contribution in [3.05, 3.63) is 12.2 Å². The fraction of sp³-hybridized carbons (Fsp3) is 0.500. The van der Waals surface area contributed by atoms with Crippen LogP contribution in [0.5, 0.6) is 0 Å². The maximum absolute atomic E-state index is 5.14. The van der Waals surface area contributed by atoms with E-state index in [1.807, 2.05) is 19.1 Å². The molecule has 0 aromatic carbocycles. The van der Waals surface area contributed by atoms with Crippen LogP contribution in [-0.4, -0.2) is 19.6 Å². The molecule has 3 N–H and O–H groups in total. The van der Waals surface area contributed by atoms with Crippen LogP contribution in [0.25, 0.3) is 0 Å². The van der Waals surface area contributed by atoms with Gasteiger partial charge in [-0.3, -0.25) is 10.3 Å². The summed E-state index contributed by atoms with van der Waals surface area (Å²) in [6.45, 7) is 3.02. The topological polar surface area (TPSA) is 50.4 Å². The molecular weight excluding hydrogens is 114 g/mol. The Morgan fingerprint density at radius 3 is 3.00 bits per heavy atom. The molecule has 0 aromatic rings. The van der Waals surface area contributed by atoms with Crippen LogP contribution in [0.3, 0.4) is 0 Å². The average Bonchev–Trinajstić information content (AvgIpc) is 1.89. The standard InChI is InChI=1S/C6H13N3/c1-2-3-4-8-6-9-5-7/h2-4,9H,5-7H2,1H3/b3-2+,8-4-. The van der Waals surface area contributed by atoms with Gasteiger partial charge in [-0.25, -0.2) is 0 Å². The molecule has 0 saturated carbocycles. The maximum Gasteiger partial charge on any atom is 0.0894 e. The van der Waals surface area contributed by atoms with Crippen molar-refractivity contribution in [3.63, 3.8) is 0 Å². The van der Waals surface area contributed by atoms with Gasteiger partial charge >= 0.3 is 0 Å². The quantitative estimate of drug-likeness (QED) is 0.319. The van der Waals surface area contributed by atoms with Crippen molar-refractivity contribution in [3.8, 4) is 0 Å². The van der Waals surface area contributed by atoms with Gasteiger partial charge in [0.2, 0.25) is 0 Å². The summed E-state index contributed by atoms with van der Waals surface area (Å²) in [5, 5.41) is 2.85. The molecule has 0 radical (unpaired) electrons. The summed E-state index contributed by atoms with van der Waals surface area (Å²) >= 11 is 0. The number of nitrogens with one attached hydrogen (secondary N) is 1. The van der Waals surface area contributed by atoms with Crippen molar-refractivity contribution in [1.29, 1.82) is 0 Å². The van der Waals surface area contributed by atoms with E-state index < -0.39 is 0 Å². The molecule has 0 fully saturated rings. The number of hydrogen-bond donors (Lipinski definition) is 2. The van der Waals surface area contributed by atoms with E-state index in [1.54, 1.807) is 6.21 Å². The lowest BCUT2D eigenvalue weighted by Crippen LogP contribution is -2.21. The summed E-state index contributed by atoms with van der Waals surface area (Å²) < 4.78 is 0. The predicted octanol–water partition coefficient (Wildman–Crippen LogP) is 0.0966. The van der Waals surface area contributed by atoms with Crippen molar-refractivity contribution in [2.45, 2.75) is 6.92 Å². The van der Waals surface area contributed by atoms with Crippen LogP contribution < -0.4 is 11.1 Å². The van der Waals surface area contributed by atoms with Crippen molar-refractivity contribution < 1.29 is 0 Å². The van der Waals surface area contributed by atoms with Gasteiger partial charge in [0, 0.05) is 12.9 Å². The van der Waals surface area contributed by atoms with Crippen molar-refractivity contribution >= 4 is 6.21 Å². The highest BCUT2D eigenvalue weighted by atomic mass is 15.0. The third-order valence-electron chi connectivity index (χ3n) is 0.731. The average molecular weight is 127 g/mol. The Morgan fingerprint density at radius 1 is 1.67 bits per heavy atom. The van der Waals surface area contributed by atoms with Crippen molar-refractivity contribution in [2.75, 3.05) is 13.3 Å². The number of nitrogens with zero attached hydrogens (tertiary/aromatic N) is 1. The van der Waals surface area contributed by atoms with E-state index in [4.69, 9.17) is 5.73 Å². The van der Waals surface area contributed by atoms with Gasteiger partial charge in [0.25, 0.3) is 0 Å². The Kier molecular flexibility index (Phi) is 6.78. The first-order valence-electron chi connectivity index (χ1n) is 2.93. The first kappa shape index (κ1) is 8.33. The molecule has 0 aliphatic rings. The van der Waals surface area contributed by atoms with Gasteiger partial charge < -0.3 is 5.73 Å². The molecule has 0 aromatic heterocycles. The fourth-order valence-corrected chi connectivity index (χ4v) is 0.329. The van der Waals surface area contributed by atoms with Crippen LogP contribution in [0.4, 0.5) is 0 Å². The summed E-state index contributed by atoms with van der Waals surface area (Å²) in [5.74, 6) is 0. The van der Waals surface area contributed by atoms with E-state index in [1.165, 1.54) is 0 Å². The summed E-state index contributed by atoms with van der Waals surface area (Å²) in [6.07, 6.45) is 5.53. The van der Waals surface area contributed by atoms with Crippen LogP contribution in [0.2, 0.25) is 0 Å². The molecule has 0 rings (SSSR count).